The lowest BCUT2D eigenvalue weighted by Crippen LogP contribution is -2.44. The molecule has 0 aliphatic carbocycles. The fourth-order valence-electron chi connectivity index (χ4n) is 2.63. The fourth-order valence-corrected chi connectivity index (χ4v) is 2.63. The number of amides is 1. The van der Waals surface area contributed by atoms with Gasteiger partial charge in [0.2, 0.25) is 0 Å². The molecule has 2 aliphatic heterocycles. The summed E-state index contributed by atoms with van der Waals surface area (Å²) < 4.78 is 12.9. The van der Waals surface area contributed by atoms with Crippen molar-refractivity contribution >= 4 is 6.09 Å². The Labute approximate surface area is 102 Å². The van der Waals surface area contributed by atoms with Crippen LogP contribution in [0.25, 0.3) is 0 Å². The highest BCUT2D eigenvalue weighted by Gasteiger charge is 2.54. The summed E-state index contributed by atoms with van der Waals surface area (Å²) in [6.07, 6.45) is 0.164. The van der Waals surface area contributed by atoms with Gasteiger partial charge in [0.05, 0.1) is 25.0 Å². The van der Waals surface area contributed by atoms with E-state index in [1.165, 1.54) is 11.0 Å². The molecule has 1 aromatic heterocycles. The molecule has 2 fully saturated rings. The second-order valence-corrected chi connectivity index (χ2v) is 4.61. The van der Waals surface area contributed by atoms with Gasteiger partial charge in [-0.15, -0.1) is 0 Å². The van der Waals surface area contributed by atoms with Gasteiger partial charge in [0.25, 0.3) is 0 Å². The zero-order chi connectivity index (χ0) is 12.8. The molecule has 3 rings (SSSR count). The van der Waals surface area contributed by atoms with E-state index in [9.17, 15) is 9.18 Å². The first kappa shape index (κ1) is 11.4. The summed E-state index contributed by atoms with van der Waals surface area (Å²) in [7, 11) is 0. The highest BCUT2D eigenvalue weighted by atomic mass is 19.1. The van der Waals surface area contributed by atoms with Crippen LogP contribution < -0.4 is 5.48 Å². The molecule has 2 aliphatic rings. The van der Waals surface area contributed by atoms with Crippen molar-refractivity contribution in [1.82, 2.24) is 15.4 Å². The SMILES string of the molecule is O=C(O)N1CC2CONC2(c2ccc(F)cn2)C1. The van der Waals surface area contributed by atoms with Gasteiger partial charge in [0, 0.05) is 12.5 Å². The van der Waals surface area contributed by atoms with Crippen molar-refractivity contribution < 1.29 is 19.1 Å². The predicted molar refractivity (Wildman–Crippen MR) is 58.0 cm³/mol. The summed E-state index contributed by atoms with van der Waals surface area (Å²) in [5.74, 6) is -0.426. The number of hydrogen-bond acceptors (Lipinski definition) is 4. The Bertz CT molecular complexity index is 481. The Hall–Kier alpha value is -1.73. The van der Waals surface area contributed by atoms with Gasteiger partial charge in [-0.25, -0.2) is 9.18 Å². The number of rotatable bonds is 1. The van der Waals surface area contributed by atoms with Gasteiger partial charge in [-0.2, -0.15) is 5.48 Å². The zero-order valence-electron chi connectivity index (χ0n) is 9.47. The van der Waals surface area contributed by atoms with Gasteiger partial charge < -0.3 is 14.8 Å². The Morgan fingerprint density at radius 1 is 1.67 bits per heavy atom. The molecule has 0 radical (unpaired) electrons. The van der Waals surface area contributed by atoms with Gasteiger partial charge in [-0.3, -0.25) is 4.98 Å². The molecule has 2 unspecified atom stereocenters. The molecule has 1 aromatic rings. The van der Waals surface area contributed by atoms with E-state index in [-0.39, 0.29) is 12.5 Å². The minimum absolute atomic E-state index is 0.00781. The molecule has 7 heteroatoms. The summed E-state index contributed by atoms with van der Waals surface area (Å²) in [5, 5.41) is 9.05. The van der Waals surface area contributed by atoms with Crippen LogP contribution in [0.3, 0.4) is 0 Å². The third kappa shape index (κ3) is 1.55. The highest BCUT2D eigenvalue weighted by Crippen LogP contribution is 2.39. The van der Waals surface area contributed by atoms with E-state index in [0.29, 0.717) is 18.8 Å². The zero-order valence-corrected chi connectivity index (χ0v) is 9.47. The van der Waals surface area contributed by atoms with Crippen molar-refractivity contribution in [2.45, 2.75) is 5.54 Å². The molecule has 0 saturated carbocycles. The van der Waals surface area contributed by atoms with Crippen LogP contribution >= 0.6 is 0 Å². The van der Waals surface area contributed by atoms with E-state index >= 15 is 0 Å². The van der Waals surface area contributed by atoms with Crippen LogP contribution in [0.15, 0.2) is 18.3 Å². The first-order valence-corrected chi connectivity index (χ1v) is 5.61. The number of carboxylic acid groups (broad SMARTS) is 1. The van der Waals surface area contributed by atoms with Gasteiger partial charge in [0.1, 0.15) is 11.4 Å². The molecule has 2 N–H and O–H groups in total. The molecule has 0 aromatic carbocycles. The van der Waals surface area contributed by atoms with Crippen LogP contribution in [-0.4, -0.2) is 40.8 Å². The lowest BCUT2D eigenvalue weighted by atomic mass is 9.86. The van der Waals surface area contributed by atoms with Crippen molar-refractivity contribution in [3.63, 3.8) is 0 Å². The van der Waals surface area contributed by atoms with Crippen molar-refractivity contribution in [3.05, 3.63) is 29.8 Å². The number of nitrogens with one attached hydrogen (secondary N) is 1. The Morgan fingerprint density at radius 3 is 3.17 bits per heavy atom. The number of pyridine rings is 1. The number of aromatic nitrogens is 1. The van der Waals surface area contributed by atoms with Crippen molar-refractivity contribution in [3.8, 4) is 0 Å². The summed E-state index contributed by atoms with van der Waals surface area (Å²) >= 11 is 0. The summed E-state index contributed by atoms with van der Waals surface area (Å²) in [4.78, 5) is 21.6. The Balaban J connectivity index is 1.96. The standard InChI is InChI=1S/C11H12FN3O3/c12-8-1-2-9(13-3-8)11-6-15(10(16)17)4-7(11)5-18-14-11/h1-3,7,14H,4-6H2,(H,16,17). The van der Waals surface area contributed by atoms with Crippen LogP contribution in [0.4, 0.5) is 9.18 Å². The van der Waals surface area contributed by atoms with Gasteiger partial charge in [0.15, 0.2) is 0 Å². The van der Waals surface area contributed by atoms with Crippen LogP contribution in [0.5, 0.6) is 0 Å². The van der Waals surface area contributed by atoms with E-state index in [4.69, 9.17) is 9.94 Å². The average Bonchev–Trinajstić information content (AvgIpc) is 2.86. The largest absolute Gasteiger partial charge is 0.465 e. The maximum atomic E-state index is 12.9. The minimum Gasteiger partial charge on any atom is -0.465 e. The number of hydroxylamine groups is 1. The maximum absolute atomic E-state index is 12.9. The summed E-state index contributed by atoms with van der Waals surface area (Å²) in [6.45, 7) is 1.07. The topological polar surface area (TPSA) is 74.7 Å². The van der Waals surface area contributed by atoms with E-state index in [0.717, 1.165) is 6.20 Å². The van der Waals surface area contributed by atoms with E-state index < -0.39 is 17.4 Å². The summed E-state index contributed by atoms with van der Waals surface area (Å²) in [5.41, 5.74) is 2.81. The second-order valence-electron chi connectivity index (χ2n) is 4.61. The molecule has 0 bridgehead atoms. The first-order valence-electron chi connectivity index (χ1n) is 5.61. The van der Waals surface area contributed by atoms with Crippen LogP contribution in [-0.2, 0) is 10.4 Å². The van der Waals surface area contributed by atoms with Crippen molar-refractivity contribution in [2.24, 2.45) is 5.92 Å². The number of likely N-dealkylation sites (tertiary alicyclic amines) is 1. The average molecular weight is 253 g/mol. The highest BCUT2D eigenvalue weighted by molar-refractivity contribution is 5.66. The summed E-state index contributed by atoms with van der Waals surface area (Å²) in [6, 6.07) is 2.88. The first-order chi connectivity index (χ1) is 8.62. The number of halogens is 1. The van der Waals surface area contributed by atoms with Crippen LogP contribution in [0, 0.1) is 11.7 Å². The van der Waals surface area contributed by atoms with E-state index in [1.54, 1.807) is 6.07 Å². The Kier molecular flexibility index (Phi) is 2.46. The number of hydrogen-bond donors (Lipinski definition) is 2. The van der Waals surface area contributed by atoms with Crippen molar-refractivity contribution in [2.75, 3.05) is 19.7 Å². The monoisotopic (exact) mass is 253 g/mol. The normalized spacial score (nSPS) is 30.5. The Morgan fingerprint density at radius 2 is 2.50 bits per heavy atom. The molecule has 3 heterocycles. The smallest absolute Gasteiger partial charge is 0.407 e. The lowest BCUT2D eigenvalue weighted by Gasteiger charge is -2.26. The third-order valence-corrected chi connectivity index (χ3v) is 3.57. The van der Waals surface area contributed by atoms with Crippen LogP contribution in [0.2, 0.25) is 0 Å². The minimum atomic E-state index is -0.965. The number of carbonyl (C=O) groups is 1. The van der Waals surface area contributed by atoms with Gasteiger partial charge >= 0.3 is 6.09 Å². The van der Waals surface area contributed by atoms with Gasteiger partial charge in [-0.05, 0) is 12.1 Å². The molecule has 1 amide bonds. The molecule has 18 heavy (non-hydrogen) atoms. The fraction of sp³-hybridized carbons (Fsp3) is 0.455. The predicted octanol–water partition coefficient (Wildman–Crippen LogP) is 0.561. The molecular formula is C11H12FN3O3. The third-order valence-electron chi connectivity index (χ3n) is 3.57. The molecule has 96 valence electrons. The van der Waals surface area contributed by atoms with E-state index in [1.807, 2.05) is 0 Å². The van der Waals surface area contributed by atoms with Crippen molar-refractivity contribution in [1.29, 1.82) is 0 Å². The number of nitrogens with zero attached hydrogens (tertiary/aromatic N) is 2. The quantitative estimate of drug-likeness (QED) is 0.765. The number of fused-ring (bicyclic) bond motifs is 1. The molecule has 0 spiro atoms. The molecular weight excluding hydrogens is 241 g/mol. The van der Waals surface area contributed by atoms with E-state index in [2.05, 4.69) is 10.5 Å². The maximum Gasteiger partial charge on any atom is 0.407 e. The van der Waals surface area contributed by atoms with Gasteiger partial charge in [-0.1, -0.05) is 0 Å². The second kappa shape index (κ2) is 3.89. The molecule has 2 saturated heterocycles. The molecule has 2 atom stereocenters. The molecule has 6 nitrogen and oxygen atoms in total. The van der Waals surface area contributed by atoms with Crippen LogP contribution in [0.1, 0.15) is 5.69 Å². The lowest BCUT2D eigenvalue weighted by molar-refractivity contribution is 0.0466.